The number of rotatable bonds is 1. The fourth-order valence-corrected chi connectivity index (χ4v) is 3.42. The lowest BCUT2D eigenvalue weighted by Gasteiger charge is -2.47. The fourth-order valence-electron chi connectivity index (χ4n) is 3.42. The van der Waals surface area contributed by atoms with Gasteiger partial charge in [0.05, 0.1) is 5.60 Å². The lowest BCUT2D eigenvalue weighted by Crippen LogP contribution is -2.44. The van der Waals surface area contributed by atoms with E-state index in [0.29, 0.717) is 12.0 Å². The molecule has 1 aliphatic carbocycles. The summed E-state index contributed by atoms with van der Waals surface area (Å²) in [5.74, 6) is -1.70. The zero-order chi connectivity index (χ0) is 14.3. The molecule has 3 heteroatoms. The van der Waals surface area contributed by atoms with Crippen LogP contribution in [-0.4, -0.2) is 5.11 Å². The molecular formula is C16H22F2O. The maximum atomic E-state index is 13.4. The molecule has 0 amide bonds. The van der Waals surface area contributed by atoms with Crippen LogP contribution in [0.1, 0.15) is 52.0 Å². The number of hydrogen-bond donors (Lipinski definition) is 1. The van der Waals surface area contributed by atoms with Gasteiger partial charge in [-0.25, -0.2) is 8.78 Å². The Morgan fingerprint density at radius 1 is 1.16 bits per heavy atom. The van der Waals surface area contributed by atoms with Crippen molar-refractivity contribution >= 4 is 0 Å². The van der Waals surface area contributed by atoms with Gasteiger partial charge in [0.25, 0.3) is 0 Å². The number of hydrogen-bond acceptors (Lipinski definition) is 1. The van der Waals surface area contributed by atoms with Gasteiger partial charge >= 0.3 is 0 Å². The van der Waals surface area contributed by atoms with Gasteiger partial charge in [-0.15, -0.1) is 0 Å². The Balaban J connectivity index is 2.45. The highest BCUT2D eigenvalue weighted by Gasteiger charge is 2.46. The Hall–Kier alpha value is -0.960. The van der Waals surface area contributed by atoms with Crippen LogP contribution in [0.2, 0.25) is 0 Å². The molecule has 1 N–H and O–H groups in total. The molecular weight excluding hydrogens is 246 g/mol. The molecule has 2 rings (SSSR count). The molecule has 2 atom stereocenters. The van der Waals surface area contributed by atoms with Crippen LogP contribution in [0, 0.1) is 23.0 Å². The standard InChI is InChI=1S/C16H22F2O/c1-15(2,3)14-6-4-5-9-16(14,19)11-7-8-12(17)13(18)10-11/h7-8,10,14,19H,4-6,9H2,1-3H3. The van der Waals surface area contributed by atoms with E-state index < -0.39 is 17.2 Å². The van der Waals surface area contributed by atoms with Gasteiger partial charge in [-0.1, -0.05) is 39.7 Å². The minimum atomic E-state index is -1.05. The third-order valence-electron chi connectivity index (χ3n) is 4.34. The molecule has 0 aromatic heterocycles. The van der Waals surface area contributed by atoms with Gasteiger partial charge in [-0.2, -0.15) is 0 Å². The number of aliphatic hydroxyl groups is 1. The average molecular weight is 268 g/mol. The molecule has 0 spiro atoms. The summed E-state index contributed by atoms with van der Waals surface area (Å²) in [5.41, 5.74) is -0.614. The fraction of sp³-hybridized carbons (Fsp3) is 0.625. The molecule has 0 heterocycles. The van der Waals surface area contributed by atoms with Crippen molar-refractivity contribution in [2.75, 3.05) is 0 Å². The Kier molecular flexibility index (Phi) is 3.69. The lowest BCUT2D eigenvalue weighted by molar-refractivity contribution is -0.0961. The first-order valence-corrected chi connectivity index (χ1v) is 6.93. The van der Waals surface area contributed by atoms with Crippen molar-refractivity contribution in [1.29, 1.82) is 0 Å². The highest BCUT2D eigenvalue weighted by Crippen LogP contribution is 2.49. The minimum Gasteiger partial charge on any atom is -0.385 e. The van der Waals surface area contributed by atoms with E-state index in [1.54, 1.807) is 0 Å². The molecule has 0 aliphatic heterocycles. The number of benzene rings is 1. The molecule has 1 nitrogen and oxygen atoms in total. The van der Waals surface area contributed by atoms with Crippen molar-refractivity contribution in [3.63, 3.8) is 0 Å². The molecule has 1 aliphatic rings. The average Bonchev–Trinajstić information content (AvgIpc) is 2.31. The molecule has 1 fully saturated rings. The first-order valence-electron chi connectivity index (χ1n) is 6.93. The molecule has 0 bridgehead atoms. The molecule has 0 radical (unpaired) electrons. The first kappa shape index (κ1) is 14.4. The first-order chi connectivity index (χ1) is 8.75. The van der Waals surface area contributed by atoms with Crippen LogP contribution >= 0.6 is 0 Å². The van der Waals surface area contributed by atoms with E-state index in [9.17, 15) is 13.9 Å². The van der Waals surface area contributed by atoms with Gasteiger partial charge in [0, 0.05) is 0 Å². The summed E-state index contributed by atoms with van der Waals surface area (Å²) in [6, 6.07) is 3.78. The lowest BCUT2D eigenvalue weighted by atomic mass is 9.61. The topological polar surface area (TPSA) is 20.2 Å². The second-order valence-electron chi connectivity index (χ2n) is 6.72. The Labute approximate surface area is 113 Å². The third kappa shape index (κ3) is 2.66. The van der Waals surface area contributed by atoms with Crippen molar-refractivity contribution < 1.29 is 13.9 Å². The maximum Gasteiger partial charge on any atom is 0.159 e. The molecule has 1 aromatic carbocycles. The summed E-state index contributed by atoms with van der Waals surface area (Å²) in [6.07, 6.45) is 3.52. The second kappa shape index (κ2) is 4.86. The predicted octanol–water partition coefficient (Wildman–Crippen LogP) is 4.39. The Morgan fingerprint density at radius 3 is 2.42 bits per heavy atom. The van der Waals surface area contributed by atoms with Crippen molar-refractivity contribution in [2.24, 2.45) is 11.3 Å². The van der Waals surface area contributed by atoms with E-state index in [2.05, 4.69) is 20.8 Å². The van der Waals surface area contributed by atoms with Crippen LogP contribution in [0.3, 0.4) is 0 Å². The summed E-state index contributed by atoms with van der Waals surface area (Å²) in [4.78, 5) is 0. The molecule has 19 heavy (non-hydrogen) atoms. The maximum absolute atomic E-state index is 13.4. The third-order valence-corrected chi connectivity index (χ3v) is 4.34. The predicted molar refractivity (Wildman–Crippen MR) is 71.7 cm³/mol. The van der Waals surface area contributed by atoms with E-state index in [1.165, 1.54) is 6.07 Å². The zero-order valence-corrected chi connectivity index (χ0v) is 11.8. The van der Waals surface area contributed by atoms with E-state index in [-0.39, 0.29) is 11.3 Å². The Bertz CT molecular complexity index is 464. The van der Waals surface area contributed by atoms with Crippen molar-refractivity contribution in [2.45, 2.75) is 52.1 Å². The van der Waals surface area contributed by atoms with Crippen LogP contribution in [-0.2, 0) is 5.60 Å². The van der Waals surface area contributed by atoms with Crippen LogP contribution < -0.4 is 0 Å². The molecule has 106 valence electrons. The summed E-state index contributed by atoms with van der Waals surface area (Å²) < 4.78 is 26.5. The summed E-state index contributed by atoms with van der Waals surface area (Å²) in [6.45, 7) is 6.27. The normalized spacial score (nSPS) is 28.4. The summed E-state index contributed by atoms with van der Waals surface area (Å²) >= 11 is 0. The number of halogens is 2. The highest BCUT2D eigenvalue weighted by molar-refractivity contribution is 5.26. The van der Waals surface area contributed by atoms with Gasteiger partial charge in [0.15, 0.2) is 11.6 Å². The van der Waals surface area contributed by atoms with E-state index >= 15 is 0 Å². The molecule has 1 saturated carbocycles. The van der Waals surface area contributed by atoms with Gasteiger partial charge in [0.1, 0.15) is 0 Å². The molecule has 1 aromatic rings. The van der Waals surface area contributed by atoms with E-state index in [1.807, 2.05) is 0 Å². The van der Waals surface area contributed by atoms with Crippen molar-refractivity contribution in [1.82, 2.24) is 0 Å². The van der Waals surface area contributed by atoms with Gasteiger partial charge in [0.2, 0.25) is 0 Å². The van der Waals surface area contributed by atoms with Crippen LogP contribution in [0.15, 0.2) is 18.2 Å². The van der Waals surface area contributed by atoms with Crippen molar-refractivity contribution in [3.8, 4) is 0 Å². The quantitative estimate of drug-likeness (QED) is 0.801. The molecule has 0 saturated heterocycles. The van der Waals surface area contributed by atoms with Gasteiger partial charge in [-0.3, -0.25) is 0 Å². The minimum absolute atomic E-state index is 0.0543. The van der Waals surface area contributed by atoms with E-state index in [4.69, 9.17) is 0 Å². The SMILES string of the molecule is CC(C)(C)C1CCCCC1(O)c1ccc(F)c(F)c1. The van der Waals surface area contributed by atoms with E-state index in [0.717, 1.165) is 31.4 Å². The summed E-state index contributed by atoms with van der Waals surface area (Å²) in [7, 11) is 0. The molecule has 2 unspecified atom stereocenters. The summed E-state index contributed by atoms with van der Waals surface area (Å²) in [5, 5.41) is 11.1. The van der Waals surface area contributed by atoms with Crippen LogP contribution in [0.25, 0.3) is 0 Å². The zero-order valence-electron chi connectivity index (χ0n) is 11.8. The Morgan fingerprint density at radius 2 is 1.84 bits per heavy atom. The highest BCUT2D eigenvalue weighted by atomic mass is 19.2. The van der Waals surface area contributed by atoms with Crippen LogP contribution in [0.5, 0.6) is 0 Å². The van der Waals surface area contributed by atoms with Gasteiger partial charge < -0.3 is 5.11 Å². The monoisotopic (exact) mass is 268 g/mol. The second-order valence-corrected chi connectivity index (χ2v) is 6.72. The smallest absolute Gasteiger partial charge is 0.159 e. The van der Waals surface area contributed by atoms with Crippen LogP contribution in [0.4, 0.5) is 8.78 Å². The largest absolute Gasteiger partial charge is 0.385 e. The van der Waals surface area contributed by atoms with Gasteiger partial charge in [-0.05, 0) is 41.9 Å². The van der Waals surface area contributed by atoms with Crippen molar-refractivity contribution in [3.05, 3.63) is 35.4 Å².